The molecule has 0 radical (unpaired) electrons. The van der Waals surface area contributed by atoms with E-state index in [1.54, 1.807) is 0 Å². The molecule has 3 nitrogen and oxygen atoms in total. The van der Waals surface area contributed by atoms with E-state index in [0.29, 0.717) is 6.42 Å². The molecule has 0 rings (SSSR count). The summed E-state index contributed by atoms with van der Waals surface area (Å²) in [5.41, 5.74) is 5.68. The predicted molar refractivity (Wildman–Crippen MR) is 106 cm³/mol. The van der Waals surface area contributed by atoms with Crippen molar-refractivity contribution in [3.05, 3.63) is 0 Å². The number of rotatable bonds is 19. The van der Waals surface area contributed by atoms with Crippen LogP contribution >= 0.6 is 0 Å². The van der Waals surface area contributed by atoms with Crippen LogP contribution in [0.3, 0.4) is 0 Å². The topological polar surface area (TPSA) is 41.1 Å². The smallest absolute Gasteiger partial charge is 0.234 e. The highest BCUT2D eigenvalue weighted by atomic mass is 16.2. The van der Waals surface area contributed by atoms with Gasteiger partial charge in [0.1, 0.15) is 0 Å². The van der Waals surface area contributed by atoms with Gasteiger partial charge in [-0.05, 0) is 12.8 Å². The Kier molecular flexibility index (Phi) is 20.0. The highest BCUT2D eigenvalue weighted by Crippen LogP contribution is 2.13. The van der Waals surface area contributed by atoms with Gasteiger partial charge in [-0.25, -0.2) is 5.43 Å². The minimum absolute atomic E-state index is 0.137. The van der Waals surface area contributed by atoms with Gasteiger partial charge in [0.15, 0.2) is 0 Å². The van der Waals surface area contributed by atoms with Crippen molar-refractivity contribution in [3.8, 4) is 0 Å². The van der Waals surface area contributed by atoms with E-state index in [9.17, 15) is 4.79 Å². The van der Waals surface area contributed by atoms with Crippen molar-refractivity contribution in [1.29, 1.82) is 0 Å². The van der Waals surface area contributed by atoms with E-state index in [1.807, 2.05) is 0 Å². The second-order valence-electron chi connectivity index (χ2n) is 7.17. The number of carbonyl (C=O) groups is 1. The van der Waals surface area contributed by atoms with E-state index in [0.717, 1.165) is 19.4 Å². The van der Waals surface area contributed by atoms with E-state index >= 15 is 0 Å². The van der Waals surface area contributed by atoms with Crippen LogP contribution in [0.1, 0.15) is 123 Å². The van der Waals surface area contributed by atoms with E-state index in [2.05, 4.69) is 24.7 Å². The van der Waals surface area contributed by atoms with Gasteiger partial charge in [0.2, 0.25) is 5.91 Å². The van der Waals surface area contributed by atoms with Gasteiger partial charge in [-0.15, -0.1) is 0 Å². The third-order valence-corrected chi connectivity index (χ3v) is 4.61. The van der Waals surface area contributed by atoms with Crippen molar-refractivity contribution in [3.63, 3.8) is 0 Å². The molecule has 2 N–H and O–H groups in total. The lowest BCUT2D eigenvalue weighted by Gasteiger charge is -2.06. The van der Waals surface area contributed by atoms with Crippen LogP contribution in [0, 0.1) is 0 Å². The number of hydrazine groups is 1. The van der Waals surface area contributed by atoms with Crippen LogP contribution in [-0.4, -0.2) is 12.5 Å². The van der Waals surface area contributed by atoms with Crippen LogP contribution in [0.4, 0.5) is 0 Å². The molecule has 0 atom stereocenters. The summed E-state index contributed by atoms with van der Waals surface area (Å²) in [6, 6.07) is 0. The number of unbranched alkanes of at least 4 members (excludes halogenated alkanes) is 14. The van der Waals surface area contributed by atoms with Crippen LogP contribution in [0.2, 0.25) is 0 Å². The zero-order valence-corrected chi connectivity index (χ0v) is 16.6. The molecule has 0 bridgehead atoms. The number of carbonyl (C=O) groups excluding carboxylic acids is 1. The van der Waals surface area contributed by atoms with Gasteiger partial charge >= 0.3 is 0 Å². The fourth-order valence-electron chi connectivity index (χ4n) is 3.01. The number of nitrogens with one attached hydrogen (secondary N) is 2. The maximum absolute atomic E-state index is 11.5. The predicted octanol–water partition coefficient (Wildman–Crippen LogP) is 6.28. The Morgan fingerprint density at radius 2 is 1.00 bits per heavy atom. The van der Waals surface area contributed by atoms with E-state index in [4.69, 9.17) is 0 Å². The Bertz CT molecular complexity index is 256. The third kappa shape index (κ3) is 19.5. The molecule has 0 saturated carbocycles. The summed E-state index contributed by atoms with van der Waals surface area (Å²) < 4.78 is 0. The van der Waals surface area contributed by atoms with Crippen LogP contribution < -0.4 is 10.9 Å². The number of hydrogen-bond acceptors (Lipinski definition) is 2. The van der Waals surface area contributed by atoms with Crippen molar-refractivity contribution in [2.75, 3.05) is 6.54 Å². The minimum Gasteiger partial charge on any atom is -0.292 e. The van der Waals surface area contributed by atoms with E-state index < -0.39 is 0 Å². The molecule has 0 saturated heterocycles. The summed E-state index contributed by atoms with van der Waals surface area (Å²) in [6.07, 6.45) is 22.1. The van der Waals surface area contributed by atoms with Gasteiger partial charge in [-0.1, -0.05) is 104 Å². The molecule has 0 spiro atoms. The summed E-state index contributed by atoms with van der Waals surface area (Å²) in [5.74, 6) is 0.137. The highest BCUT2D eigenvalue weighted by Gasteiger charge is 1.99. The first-order chi connectivity index (χ1) is 11.8. The maximum Gasteiger partial charge on any atom is 0.234 e. The van der Waals surface area contributed by atoms with Crippen LogP contribution in [-0.2, 0) is 4.79 Å². The van der Waals surface area contributed by atoms with Crippen molar-refractivity contribution in [2.45, 2.75) is 123 Å². The molecule has 24 heavy (non-hydrogen) atoms. The molecule has 0 fully saturated rings. The first kappa shape index (κ1) is 23.4. The molecular weight excluding hydrogens is 296 g/mol. The molecule has 1 amide bonds. The third-order valence-electron chi connectivity index (χ3n) is 4.61. The Labute approximate surface area is 151 Å². The largest absolute Gasteiger partial charge is 0.292 e. The van der Waals surface area contributed by atoms with Gasteiger partial charge in [-0.2, -0.15) is 0 Å². The van der Waals surface area contributed by atoms with Gasteiger partial charge < -0.3 is 0 Å². The molecular formula is C21H44N2O. The van der Waals surface area contributed by atoms with E-state index in [1.165, 1.54) is 89.9 Å². The summed E-state index contributed by atoms with van der Waals surface area (Å²) in [5, 5.41) is 0. The Morgan fingerprint density at radius 1 is 0.583 bits per heavy atom. The second-order valence-corrected chi connectivity index (χ2v) is 7.17. The summed E-state index contributed by atoms with van der Waals surface area (Å²) >= 11 is 0. The fourth-order valence-corrected chi connectivity index (χ4v) is 3.01. The summed E-state index contributed by atoms with van der Waals surface area (Å²) in [4.78, 5) is 11.5. The summed E-state index contributed by atoms with van der Waals surface area (Å²) in [7, 11) is 0. The average Bonchev–Trinajstić information content (AvgIpc) is 2.58. The van der Waals surface area contributed by atoms with Gasteiger partial charge in [0, 0.05) is 13.0 Å². The number of hydrogen-bond donors (Lipinski definition) is 2. The fraction of sp³-hybridized carbons (Fsp3) is 0.952. The zero-order chi connectivity index (χ0) is 17.7. The van der Waals surface area contributed by atoms with Gasteiger partial charge in [-0.3, -0.25) is 10.2 Å². The van der Waals surface area contributed by atoms with Gasteiger partial charge in [0.25, 0.3) is 0 Å². The maximum atomic E-state index is 11.5. The average molecular weight is 341 g/mol. The highest BCUT2D eigenvalue weighted by molar-refractivity contribution is 5.75. The quantitative estimate of drug-likeness (QED) is 0.215. The second kappa shape index (κ2) is 20.5. The van der Waals surface area contributed by atoms with Crippen LogP contribution in [0.25, 0.3) is 0 Å². The van der Waals surface area contributed by atoms with Crippen LogP contribution in [0.15, 0.2) is 0 Å². The SMILES string of the molecule is CCCCCCCCCCCCCCCCCC(=O)NNCCC. The first-order valence-corrected chi connectivity index (χ1v) is 10.8. The molecule has 0 aromatic carbocycles. The normalized spacial score (nSPS) is 10.9. The molecule has 0 heterocycles. The lowest BCUT2D eigenvalue weighted by atomic mass is 10.0. The first-order valence-electron chi connectivity index (χ1n) is 10.8. The van der Waals surface area contributed by atoms with Crippen molar-refractivity contribution in [2.24, 2.45) is 0 Å². The van der Waals surface area contributed by atoms with Crippen LogP contribution in [0.5, 0.6) is 0 Å². The summed E-state index contributed by atoms with van der Waals surface area (Å²) in [6.45, 7) is 5.22. The Hall–Kier alpha value is -0.570. The Morgan fingerprint density at radius 3 is 1.42 bits per heavy atom. The van der Waals surface area contributed by atoms with Crippen molar-refractivity contribution < 1.29 is 4.79 Å². The van der Waals surface area contributed by atoms with Gasteiger partial charge in [0.05, 0.1) is 0 Å². The lowest BCUT2D eigenvalue weighted by molar-refractivity contribution is -0.122. The monoisotopic (exact) mass is 340 g/mol. The number of amides is 1. The Balaban J connectivity index is 3.06. The molecule has 3 heteroatoms. The molecule has 0 unspecified atom stereocenters. The molecule has 0 aliphatic heterocycles. The van der Waals surface area contributed by atoms with E-state index in [-0.39, 0.29) is 5.91 Å². The molecule has 144 valence electrons. The molecule has 0 aromatic heterocycles. The standard InChI is InChI=1S/C21H44N2O/c1-3-5-6-7-8-9-10-11-12-13-14-15-16-17-18-19-21(24)23-22-20-4-2/h22H,3-20H2,1-2H3,(H,23,24). The van der Waals surface area contributed by atoms with Crippen molar-refractivity contribution in [1.82, 2.24) is 10.9 Å². The molecule has 0 aliphatic carbocycles. The lowest BCUT2D eigenvalue weighted by Crippen LogP contribution is -2.37. The van der Waals surface area contributed by atoms with Crippen molar-refractivity contribution >= 4 is 5.91 Å². The molecule has 0 aliphatic rings. The molecule has 0 aromatic rings. The minimum atomic E-state index is 0.137. The zero-order valence-electron chi connectivity index (χ0n) is 16.6.